The van der Waals surface area contributed by atoms with E-state index in [0.717, 1.165) is 33.4 Å². The van der Waals surface area contributed by atoms with Crippen LogP contribution in [-0.4, -0.2) is 43.7 Å². The Kier molecular flexibility index (Phi) is 8.97. The summed E-state index contributed by atoms with van der Waals surface area (Å²) in [5.74, 6) is 0.885. The van der Waals surface area contributed by atoms with Gasteiger partial charge in [-0.05, 0) is 64.1 Å². The third kappa shape index (κ3) is 6.62. The molecule has 5 nitrogen and oxygen atoms in total. The van der Waals surface area contributed by atoms with Crippen molar-refractivity contribution in [2.75, 3.05) is 20.2 Å². The summed E-state index contributed by atoms with van der Waals surface area (Å²) in [6.07, 6.45) is -0.989. The van der Waals surface area contributed by atoms with Crippen molar-refractivity contribution in [3.8, 4) is 16.9 Å². The number of alkyl halides is 1. The van der Waals surface area contributed by atoms with E-state index in [1.54, 1.807) is 12.0 Å². The molecule has 0 saturated carbocycles. The Morgan fingerprint density at radius 3 is 2.52 bits per heavy atom. The minimum Gasteiger partial charge on any atom is -0.497 e. The van der Waals surface area contributed by atoms with Crippen molar-refractivity contribution in [2.24, 2.45) is 0 Å². The molecule has 0 aromatic heterocycles. The normalized spacial score (nSPS) is 17.9. The van der Waals surface area contributed by atoms with E-state index in [9.17, 15) is 9.18 Å². The van der Waals surface area contributed by atoms with Gasteiger partial charge in [0.15, 0.2) is 0 Å². The van der Waals surface area contributed by atoms with Gasteiger partial charge in [0, 0.05) is 18.9 Å². The Labute approximate surface area is 235 Å². The Bertz CT molecular complexity index is 1420. The van der Waals surface area contributed by atoms with Gasteiger partial charge in [-0.3, -0.25) is 0 Å². The highest BCUT2D eigenvalue weighted by Crippen LogP contribution is 2.34. The molecule has 1 saturated heterocycles. The zero-order chi connectivity index (χ0) is 27.9. The van der Waals surface area contributed by atoms with Crippen LogP contribution in [0.15, 0.2) is 91.0 Å². The molecule has 0 N–H and O–H groups in total. The molecular formula is C34H36FNO4. The number of carbonyl (C=O) groups excluding carboxylic acids is 1. The zero-order valence-electron chi connectivity index (χ0n) is 23.1. The van der Waals surface area contributed by atoms with Gasteiger partial charge < -0.3 is 19.1 Å². The van der Waals surface area contributed by atoms with E-state index < -0.39 is 12.5 Å². The Hall–Kier alpha value is -3.90. The monoisotopic (exact) mass is 541 g/mol. The van der Waals surface area contributed by atoms with E-state index in [4.69, 9.17) is 14.2 Å². The summed E-state index contributed by atoms with van der Waals surface area (Å²) >= 11 is 0. The fourth-order valence-corrected chi connectivity index (χ4v) is 5.37. The van der Waals surface area contributed by atoms with E-state index in [1.165, 1.54) is 5.39 Å². The van der Waals surface area contributed by atoms with Crippen molar-refractivity contribution in [3.05, 3.63) is 102 Å². The molecule has 4 aromatic carbocycles. The topological polar surface area (TPSA) is 48.0 Å². The number of ether oxygens (including phenoxy) is 3. The summed E-state index contributed by atoms with van der Waals surface area (Å²) < 4.78 is 31.0. The average molecular weight is 542 g/mol. The number of amides is 1. The molecule has 1 aliphatic rings. The van der Waals surface area contributed by atoms with Crippen LogP contribution < -0.4 is 4.74 Å². The number of benzene rings is 4. The molecule has 4 aromatic rings. The van der Waals surface area contributed by atoms with E-state index in [-0.39, 0.29) is 18.4 Å². The summed E-state index contributed by atoms with van der Waals surface area (Å²) in [6.45, 7) is 3.09. The van der Waals surface area contributed by atoms with Crippen LogP contribution in [0.5, 0.6) is 5.75 Å². The Morgan fingerprint density at radius 2 is 1.75 bits per heavy atom. The molecule has 1 aliphatic heterocycles. The van der Waals surface area contributed by atoms with Crippen molar-refractivity contribution >= 4 is 16.9 Å². The SMILES string of the molecule is CCCC(F)OC(=O)N1CC[C@H](c2cccc(-c3ccc(OC)cc3)c2)[C@@H](OCc2ccc3ccccc3c2)C1. The van der Waals surface area contributed by atoms with Crippen LogP contribution in [0.25, 0.3) is 21.9 Å². The van der Waals surface area contributed by atoms with Crippen molar-refractivity contribution in [3.63, 3.8) is 0 Å². The molecule has 3 atom stereocenters. The number of fused-ring (bicyclic) bond motifs is 1. The minimum absolute atomic E-state index is 0.0690. The van der Waals surface area contributed by atoms with Crippen LogP contribution in [0.2, 0.25) is 0 Å². The first kappa shape index (κ1) is 27.7. The predicted octanol–water partition coefficient (Wildman–Crippen LogP) is 8.12. The standard InChI is InChI=1S/C34H36FNO4/c1-3-7-33(35)40-34(37)36-19-18-31(29-11-6-10-28(21-29)26-14-16-30(38-2)17-15-26)32(22-36)39-23-24-12-13-25-8-4-5-9-27(25)20-24/h4-6,8-17,20-21,31-33H,3,7,18-19,22-23H2,1-2H3/t31-,32+,33?/m1/s1. The van der Waals surface area contributed by atoms with Crippen molar-refractivity contribution < 1.29 is 23.4 Å². The summed E-state index contributed by atoms with van der Waals surface area (Å²) in [6, 6.07) is 31.1. The number of methoxy groups -OCH3 is 1. The number of carbonyl (C=O) groups is 1. The molecule has 0 bridgehead atoms. The van der Waals surface area contributed by atoms with Crippen molar-refractivity contribution in [1.29, 1.82) is 0 Å². The second-order valence-corrected chi connectivity index (χ2v) is 10.3. The van der Waals surface area contributed by atoms with Crippen molar-refractivity contribution in [2.45, 2.75) is 51.2 Å². The van der Waals surface area contributed by atoms with Gasteiger partial charge in [-0.15, -0.1) is 0 Å². The quantitative estimate of drug-likeness (QED) is 0.215. The maximum Gasteiger partial charge on any atom is 0.412 e. The maximum atomic E-state index is 14.1. The van der Waals surface area contributed by atoms with Crippen LogP contribution in [-0.2, 0) is 16.1 Å². The number of nitrogens with zero attached hydrogens (tertiary/aromatic N) is 1. The molecule has 5 rings (SSSR count). The van der Waals surface area contributed by atoms with Crippen LogP contribution in [0.1, 0.15) is 43.2 Å². The fourth-order valence-electron chi connectivity index (χ4n) is 5.37. The number of hydrogen-bond acceptors (Lipinski definition) is 4. The smallest absolute Gasteiger partial charge is 0.412 e. The van der Waals surface area contributed by atoms with Crippen molar-refractivity contribution in [1.82, 2.24) is 4.90 Å². The highest BCUT2D eigenvalue weighted by atomic mass is 19.1. The van der Waals surface area contributed by atoms with Gasteiger partial charge in [-0.25, -0.2) is 9.18 Å². The number of likely N-dealkylation sites (tertiary alicyclic amines) is 1. The van der Waals surface area contributed by atoms with Gasteiger partial charge in [0.05, 0.1) is 26.4 Å². The lowest BCUT2D eigenvalue weighted by Gasteiger charge is -2.38. The first-order chi connectivity index (χ1) is 19.5. The lowest BCUT2D eigenvalue weighted by atomic mass is 9.85. The lowest BCUT2D eigenvalue weighted by molar-refractivity contribution is -0.0462. The summed E-state index contributed by atoms with van der Waals surface area (Å²) in [5.41, 5.74) is 4.42. The summed E-state index contributed by atoms with van der Waals surface area (Å²) in [7, 11) is 1.66. The summed E-state index contributed by atoms with van der Waals surface area (Å²) in [5, 5.41) is 2.34. The zero-order valence-corrected chi connectivity index (χ0v) is 23.1. The van der Waals surface area contributed by atoms with Gasteiger partial charge in [0.2, 0.25) is 6.36 Å². The van der Waals surface area contributed by atoms with Gasteiger partial charge in [0.1, 0.15) is 5.75 Å². The second-order valence-electron chi connectivity index (χ2n) is 10.3. The molecule has 0 spiro atoms. The number of rotatable bonds is 9. The molecule has 0 radical (unpaired) electrons. The Balaban J connectivity index is 1.37. The third-order valence-electron chi connectivity index (χ3n) is 7.58. The minimum atomic E-state index is -1.59. The average Bonchev–Trinajstić information content (AvgIpc) is 3.00. The van der Waals surface area contributed by atoms with Crippen LogP contribution in [0.4, 0.5) is 9.18 Å². The third-order valence-corrected chi connectivity index (χ3v) is 7.58. The molecule has 208 valence electrons. The molecule has 1 heterocycles. The van der Waals surface area contributed by atoms with E-state index >= 15 is 0 Å². The molecular weight excluding hydrogens is 505 g/mol. The number of piperidine rings is 1. The number of hydrogen-bond donors (Lipinski definition) is 0. The summed E-state index contributed by atoms with van der Waals surface area (Å²) in [4.78, 5) is 14.4. The van der Waals surface area contributed by atoms with Gasteiger partial charge in [-0.2, -0.15) is 0 Å². The molecule has 1 amide bonds. The predicted molar refractivity (Wildman–Crippen MR) is 156 cm³/mol. The van der Waals surface area contributed by atoms with E-state index in [1.807, 2.05) is 43.3 Å². The fraction of sp³-hybridized carbons (Fsp3) is 0.324. The Morgan fingerprint density at radius 1 is 0.950 bits per heavy atom. The van der Waals surface area contributed by atoms with Gasteiger partial charge >= 0.3 is 6.09 Å². The van der Waals surface area contributed by atoms with Crippen LogP contribution >= 0.6 is 0 Å². The largest absolute Gasteiger partial charge is 0.497 e. The molecule has 1 unspecified atom stereocenters. The number of halogens is 1. The van der Waals surface area contributed by atoms with Crippen LogP contribution in [0, 0.1) is 0 Å². The first-order valence-electron chi connectivity index (χ1n) is 14.0. The second kappa shape index (κ2) is 13.0. The molecule has 1 fully saturated rings. The molecule has 0 aliphatic carbocycles. The highest BCUT2D eigenvalue weighted by Gasteiger charge is 2.34. The lowest BCUT2D eigenvalue weighted by Crippen LogP contribution is -2.47. The maximum absolute atomic E-state index is 14.1. The van der Waals surface area contributed by atoms with E-state index in [2.05, 4.69) is 54.6 Å². The van der Waals surface area contributed by atoms with Gasteiger partial charge in [0.25, 0.3) is 0 Å². The first-order valence-corrected chi connectivity index (χ1v) is 14.0. The van der Waals surface area contributed by atoms with E-state index in [0.29, 0.717) is 32.5 Å². The van der Waals surface area contributed by atoms with Crippen LogP contribution in [0.3, 0.4) is 0 Å². The molecule has 40 heavy (non-hydrogen) atoms. The highest BCUT2D eigenvalue weighted by molar-refractivity contribution is 5.83. The molecule has 6 heteroatoms. The van der Waals surface area contributed by atoms with Gasteiger partial charge in [-0.1, -0.05) is 79.7 Å².